The van der Waals surface area contributed by atoms with Gasteiger partial charge in [0.2, 0.25) is 0 Å². The van der Waals surface area contributed by atoms with Crippen molar-refractivity contribution < 1.29 is 9.13 Å². The third-order valence-corrected chi connectivity index (χ3v) is 3.96. The molecule has 0 aliphatic heterocycles. The summed E-state index contributed by atoms with van der Waals surface area (Å²) in [6.07, 6.45) is 1.53. The predicted molar refractivity (Wildman–Crippen MR) is 90.1 cm³/mol. The maximum absolute atomic E-state index is 12.8. The average Bonchev–Trinajstić information content (AvgIpc) is 2.50. The fourth-order valence-corrected chi connectivity index (χ4v) is 3.02. The van der Waals surface area contributed by atoms with Gasteiger partial charge in [-0.05, 0) is 74.6 Å². The highest BCUT2D eigenvalue weighted by molar-refractivity contribution is 5.42. The van der Waals surface area contributed by atoms with Gasteiger partial charge in [0.15, 0.2) is 0 Å². The number of nitriles is 1. The van der Waals surface area contributed by atoms with Crippen molar-refractivity contribution in [2.45, 2.75) is 39.5 Å². The number of ether oxygens (including phenoxy) is 1. The first-order chi connectivity index (χ1) is 11.0. The Morgan fingerprint density at radius 3 is 2.26 bits per heavy atom. The van der Waals surface area contributed by atoms with E-state index in [1.54, 1.807) is 12.1 Å². The molecule has 1 unspecified atom stereocenters. The molecule has 0 spiro atoms. The second kappa shape index (κ2) is 7.78. The van der Waals surface area contributed by atoms with Crippen molar-refractivity contribution in [2.75, 3.05) is 6.61 Å². The normalized spacial score (nSPS) is 11.8. The SMILES string of the molecule is Cc1cc(C)c(C(C#N)CCCOc2ccc(F)cc2)c(C)c1. The fourth-order valence-electron chi connectivity index (χ4n) is 3.02. The molecule has 2 rings (SSSR count). The van der Waals surface area contributed by atoms with E-state index >= 15 is 0 Å². The molecular formula is C20H22FNO. The molecule has 2 nitrogen and oxygen atoms in total. The zero-order chi connectivity index (χ0) is 16.8. The number of halogens is 1. The van der Waals surface area contributed by atoms with Gasteiger partial charge >= 0.3 is 0 Å². The molecule has 0 fully saturated rings. The Morgan fingerprint density at radius 2 is 1.70 bits per heavy atom. The Kier molecular flexibility index (Phi) is 5.76. The van der Waals surface area contributed by atoms with Crippen LogP contribution in [-0.4, -0.2) is 6.61 Å². The van der Waals surface area contributed by atoms with Gasteiger partial charge in [-0.15, -0.1) is 0 Å². The molecule has 0 bridgehead atoms. The molecular weight excluding hydrogens is 289 g/mol. The van der Waals surface area contributed by atoms with Crippen molar-refractivity contribution in [3.8, 4) is 11.8 Å². The summed E-state index contributed by atoms with van der Waals surface area (Å²) in [4.78, 5) is 0. The van der Waals surface area contributed by atoms with Gasteiger partial charge in [0.1, 0.15) is 11.6 Å². The zero-order valence-corrected chi connectivity index (χ0v) is 13.9. The minimum absolute atomic E-state index is 0.118. The van der Waals surface area contributed by atoms with Gasteiger partial charge in [-0.1, -0.05) is 17.7 Å². The molecule has 2 aromatic rings. The Labute approximate surface area is 137 Å². The maximum atomic E-state index is 12.8. The van der Waals surface area contributed by atoms with E-state index in [0.717, 1.165) is 18.4 Å². The Morgan fingerprint density at radius 1 is 1.09 bits per heavy atom. The summed E-state index contributed by atoms with van der Waals surface area (Å²) in [5.74, 6) is 0.266. The van der Waals surface area contributed by atoms with E-state index in [1.807, 2.05) is 0 Å². The lowest BCUT2D eigenvalue weighted by atomic mass is 9.87. The molecule has 0 saturated heterocycles. The van der Waals surface area contributed by atoms with Crippen LogP contribution in [0.1, 0.15) is 41.0 Å². The average molecular weight is 311 g/mol. The molecule has 3 heteroatoms. The first kappa shape index (κ1) is 17.0. The standard InChI is InChI=1S/C20H22FNO/c1-14-11-15(2)20(16(3)12-14)17(13-22)5-4-10-23-19-8-6-18(21)7-9-19/h6-9,11-12,17H,4-5,10H2,1-3H3. The van der Waals surface area contributed by atoms with Crippen molar-refractivity contribution >= 4 is 0 Å². The molecule has 0 heterocycles. The van der Waals surface area contributed by atoms with Gasteiger partial charge < -0.3 is 4.74 Å². The molecule has 120 valence electrons. The van der Waals surface area contributed by atoms with Crippen LogP contribution in [0.5, 0.6) is 5.75 Å². The molecule has 23 heavy (non-hydrogen) atoms. The molecule has 0 aliphatic carbocycles. The Bertz CT molecular complexity index is 678. The zero-order valence-electron chi connectivity index (χ0n) is 13.9. The number of hydrogen-bond donors (Lipinski definition) is 0. The van der Waals surface area contributed by atoms with Crippen LogP contribution in [0.4, 0.5) is 4.39 Å². The summed E-state index contributed by atoms with van der Waals surface area (Å²) in [5, 5.41) is 9.51. The van der Waals surface area contributed by atoms with Crippen LogP contribution >= 0.6 is 0 Å². The third kappa shape index (κ3) is 4.56. The maximum Gasteiger partial charge on any atom is 0.123 e. The largest absolute Gasteiger partial charge is 0.494 e. The lowest BCUT2D eigenvalue weighted by Crippen LogP contribution is -2.05. The number of aryl methyl sites for hydroxylation is 3. The highest BCUT2D eigenvalue weighted by Gasteiger charge is 2.16. The molecule has 0 aromatic heterocycles. The van der Waals surface area contributed by atoms with Crippen molar-refractivity contribution in [3.05, 3.63) is 64.5 Å². The van der Waals surface area contributed by atoms with Crippen LogP contribution in [0, 0.1) is 37.9 Å². The molecule has 1 atom stereocenters. The van der Waals surface area contributed by atoms with Gasteiger partial charge in [0.05, 0.1) is 18.6 Å². The molecule has 0 amide bonds. The van der Waals surface area contributed by atoms with E-state index in [0.29, 0.717) is 12.4 Å². The lowest BCUT2D eigenvalue weighted by Gasteiger charge is -2.16. The van der Waals surface area contributed by atoms with Crippen molar-refractivity contribution in [2.24, 2.45) is 0 Å². The lowest BCUT2D eigenvalue weighted by molar-refractivity contribution is 0.304. The van der Waals surface area contributed by atoms with Crippen LogP contribution < -0.4 is 4.74 Å². The van der Waals surface area contributed by atoms with Gasteiger partial charge in [-0.25, -0.2) is 4.39 Å². The smallest absolute Gasteiger partial charge is 0.123 e. The Balaban J connectivity index is 1.93. The summed E-state index contributed by atoms with van der Waals surface area (Å²) < 4.78 is 18.4. The van der Waals surface area contributed by atoms with Gasteiger partial charge in [0.25, 0.3) is 0 Å². The predicted octanol–water partition coefficient (Wildman–Crippen LogP) is 5.22. The second-order valence-corrected chi connectivity index (χ2v) is 5.94. The molecule has 2 aromatic carbocycles. The van der Waals surface area contributed by atoms with Crippen molar-refractivity contribution in [1.82, 2.24) is 0 Å². The highest BCUT2D eigenvalue weighted by atomic mass is 19.1. The molecule has 0 radical (unpaired) electrons. The third-order valence-electron chi connectivity index (χ3n) is 3.96. The number of benzene rings is 2. The fraction of sp³-hybridized carbons (Fsp3) is 0.350. The first-order valence-electron chi connectivity index (χ1n) is 7.87. The van der Waals surface area contributed by atoms with E-state index in [4.69, 9.17) is 4.74 Å². The van der Waals surface area contributed by atoms with E-state index in [9.17, 15) is 9.65 Å². The number of nitrogens with zero attached hydrogens (tertiary/aromatic N) is 1. The van der Waals surface area contributed by atoms with Crippen molar-refractivity contribution in [1.29, 1.82) is 5.26 Å². The minimum atomic E-state index is -0.271. The molecule has 0 N–H and O–H groups in total. The topological polar surface area (TPSA) is 33.0 Å². The van der Waals surface area contributed by atoms with Crippen LogP contribution in [0.15, 0.2) is 36.4 Å². The van der Waals surface area contributed by atoms with Crippen LogP contribution in [0.25, 0.3) is 0 Å². The molecule has 0 aliphatic rings. The van der Waals surface area contributed by atoms with E-state index in [-0.39, 0.29) is 11.7 Å². The van der Waals surface area contributed by atoms with E-state index in [2.05, 4.69) is 39.0 Å². The summed E-state index contributed by atoms with van der Waals surface area (Å²) in [6, 6.07) is 12.7. The quantitative estimate of drug-likeness (QED) is 0.685. The second-order valence-electron chi connectivity index (χ2n) is 5.94. The van der Waals surface area contributed by atoms with Crippen molar-refractivity contribution in [3.63, 3.8) is 0 Å². The minimum Gasteiger partial charge on any atom is -0.494 e. The Hall–Kier alpha value is -2.34. The monoisotopic (exact) mass is 311 g/mol. The van der Waals surface area contributed by atoms with Crippen LogP contribution in [0.2, 0.25) is 0 Å². The van der Waals surface area contributed by atoms with Gasteiger partial charge in [-0.3, -0.25) is 0 Å². The summed E-state index contributed by atoms with van der Waals surface area (Å²) in [7, 11) is 0. The summed E-state index contributed by atoms with van der Waals surface area (Å²) in [5.41, 5.74) is 4.71. The van der Waals surface area contributed by atoms with E-state index < -0.39 is 0 Å². The van der Waals surface area contributed by atoms with Gasteiger partial charge in [-0.2, -0.15) is 5.26 Å². The first-order valence-corrected chi connectivity index (χ1v) is 7.87. The highest BCUT2D eigenvalue weighted by Crippen LogP contribution is 2.28. The number of hydrogen-bond acceptors (Lipinski definition) is 2. The van der Waals surface area contributed by atoms with Gasteiger partial charge in [0, 0.05) is 0 Å². The van der Waals surface area contributed by atoms with Crippen LogP contribution in [-0.2, 0) is 0 Å². The van der Waals surface area contributed by atoms with Crippen LogP contribution in [0.3, 0.4) is 0 Å². The van der Waals surface area contributed by atoms with E-state index in [1.165, 1.54) is 28.8 Å². The summed E-state index contributed by atoms with van der Waals surface area (Å²) in [6.45, 7) is 6.72. The number of rotatable bonds is 6. The summed E-state index contributed by atoms with van der Waals surface area (Å²) >= 11 is 0. The molecule has 0 saturated carbocycles.